The Kier molecular flexibility index (Phi) is 9.13. The quantitative estimate of drug-likeness (QED) is 0.213. The van der Waals surface area contributed by atoms with E-state index in [1.807, 2.05) is 54.6 Å². The third-order valence-electron chi connectivity index (χ3n) is 8.29. The van der Waals surface area contributed by atoms with E-state index in [0.717, 1.165) is 22.3 Å². The zero-order chi connectivity index (χ0) is 36.1. The summed E-state index contributed by atoms with van der Waals surface area (Å²) in [6.45, 7) is 0.712. The monoisotopic (exact) mass is 714 g/mol. The van der Waals surface area contributed by atoms with Crippen LogP contribution in [0.5, 0.6) is 0 Å². The molecule has 2 aliphatic heterocycles. The van der Waals surface area contributed by atoms with Crippen LogP contribution in [-0.2, 0) is 30.9 Å². The molecule has 0 spiro atoms. The molecule has 3 amide bonds. The van der Waals surface area contributed by atoms with E-state index < -0.39 is 23.9 Å². The number of nitrogens with one attached hydrogen (secondary N) is 3. The maximum Gasteiger partial charge on any atom is 0.407 e. The molecule has 1 atom stereocenters. The lowest BCUT2D eigenvalue weighted by Gasteiger charge is -2.12. The Morgan fingerprint density at radius 3 is 2.09 bits per heavy atom. The van der Waals surface area contributed by atoms with E-state index in [9.17, 15) is 14.4 Å². The average molecular weight is 715 g/mol. The molecule has 266 valence electrons. The van der Waals surface area contributed by atoms with Crippen LogP contribution in [0.3, 0.4) is 0 Å². The van der Waals surface area contributed by atoms with Crippen LogP contribution in [0.1, 0.15) is 67.5 Å². The molecule has 16 heteroatoms. The average Bonchev–Trinajstić information content (AvgIpc) is 4.02. The first-order valence-electron chi connectivity index (χ1n) is 16.6. The summed E-state index contributed by atoms with van der Waals surface area (Å²) in [6.07, 6.45) is 9.32. The lowest BCUT2D eigenvalue weighted by atomic mass is 10.0. The molecule has 0 radical (unpaired) electrons. The maximum absolute atomic E-state index is 13.1. The van der Waals surface area contributed by atoms with Crippen molar-refractivity contribution in [3.63, 3.8) is 0 Å². The third-order valence-corrected chi connectivity index (χ3v) is 8.29. The minimum Gasteiger partial charge on any atom is -0.446 e. The molecule has 6 heterocycles. The second-order valence-corrected chi connectivity index (χ2v) is 12.1. The summed E-state index contributed by atoms with van der Waals surface area (Å²) in [5.74, 6) is -0.229. The van der Waals surface area contributed by atoms with Crippen LogP contribution in [0, 0.1) is 0 Å². The number of nitrogens with zero attached hydrogens (tertiary/aromatic N) is 5. The predicted molar refractivity (Wildman–Crippen MR) is 184 cm³/mol. The van der Waals surface area contributed by atoms with E-state index in [4.69, 9.17) is 27.4 Å². The number of hydrogen-bond acceptors (Lipinski definition) is 13. The third kappa shape index (κ3) is 7.65. The van der Waals surface area contributed by atoms with Gasteiger partial charge in [0.15, 0.2) is 22.8 Å². The number of oxazole rings is 4. The van der Waals surface area contributed by atoms with E-state index in [2.05, 4.69) is 35.9 Å². The van der Waals surface area contributed by atoms with Gasteiger partial charge in [-0.25, -0.2) is 24.7 Å². The molecule has 8 rings (SSSR count). The highest BCUT2D eigenvalue weighted by Gasteiger charge is 2.25. The molecule has 12 bridgehead atoms. The summed E-state index contributed by atoms with van der Waals surface area (Å²) in [4.78, 5) is 60.9. The second kappa shape index (κ2) is 14.6. The SMILES string of the molecule is O=C(NCCc1cc2cc(c1)CNC(=O)c1coc(n1)-c1coc(n1)C1CC=CC(=N1)c1nc(co1)-c1nc(co1)C(=O)NC2)OCc1ccccc1. The van der Waals surface area contributed by atoms with Gasteiger partial charge in [0.2, 0.25) is 23.6 Å². The predicted octanol–water partition coefficient (Wildman–Crippen LogP) is 5.11. The van der Waals surface area contributed by atoms with Crippen LogP contribution in [0.15, 0.2) is 108 Å². The van der Waals surface area contributed by atoms with Gasteiger partial charge >= 0.3 is 6.09 Å². The molecule has 1 unspecified atom stereocenters. The zero-order valence-corrected chi connectivity index (χ0v) is 27.9. The summed E-state index contributed by atoms with van der Waals surface area (Å²) in [5.41, 5.74) is 4.34. The first kappa shape index (κ1) is 33.1. The number of benzene rings is 2. The van der Waals surface area contributed by atoms with E-state index in [0.29, 0.717) is 30.1 Å². The van der Waals surface area contributed by atoms with Crippen molar-refractivity contribution in [2.45, 2.75) is 38.6 Å². The Hall–Kier alpha value is -7.10. The highest BCUT2D eigenvalue weighted by atomic mass is 16.5. The molecule has 53 heavy (non-hydrogen) atoms. The minimum atomic E-state index is -0.543. The highest BCUT2D eigenvalue weighted by Crippen LogP contribution is 2.29. The number of amides is 3. The summed E-state index contributed by atoms with van der Waals surface area (Å²) < 4.78 is 27.9. The van der Waals surface area contributed by atoms with Gasteiger partial charge < -0.3 is 38.4 Å². The van der Waals surface area contributed by atoms with Crippen molar-refractivity contribution in [3.8, 4) is 23.2 Å². The molecular formula is C37H30N8O8. The number of rotatable bonds is 5. The van der Waals surface area contributed by atoms with E-state index in [1.165, 1.54) is 25.1 Å². The number of aliphatic imine (C=N–C) groups is 1. The lowest BCUT2D eigenvalue weighted by Crippen LogP contribution is -2.27. The first-order valence-corrected chi connectivity index (χ1v) is 16.6. The minimum absolute atomic E-state index is 0.0440. The van der Waals surface area contributed by atoms with Crippen molar-refractivity contribution in [1.82, 2.24) is 35.9 Å². The standard InChI is InChI=1S/C37H30N8O8/c46-31-27-17-49-35(42-27)29-19-51-33(44-29)25-7-4-8-26(41-25)34-45-30(20-52-34)36-43-28(18-50-36)32(47)40-15-24-12-22(11-23(13-24)14-39-31)9-10-38-37(48)53-16-21-5-2-1-3-6-21/h1-7,11-13,17-20,26H,8-10,14-16H2,(H,38,48)(H,39,46)(H,40,47). The summed E-state index contributed by atoms with van der Waals surface area (Å²) in [6, 6.07) is 14.6. The van der Waals surface area contributed by atoms with Gasteiger partial charge in [-0.2, -0.15) is 0 Å². The Morgan fingerprint density at radius 2 is 1.38 bits per heavy atom. The van der Waals surface area contributed by atoms with Gasteiger partial charge in [-0.15, -0.1) is 0 Å². The van der Waals surface area contributed by atoms with Crippen LogP contribution in [0.25, 0.3) is 23.2 Å². The van der Waals surface area contributed by atoms with Gasteiger partial charge in [-0.05, 0) is 41.2 Å². The Bertz CT molecular complexity index is 2350. The molecule has 2 aromatic carbocycles. The fourth-order valence-corrected chi connectivity index (χ4v) is 5.69. The summed E-state index contributed by atoms with van der Waals surface area (Å²) >= 11 is 0. The molecular weight excluding hydrogens is 684 g/mol. The van der Waals surface area contributed by atoms with Crippen molar-refractivity contribution in [2.24, 2.45) is 4.99 Å². The number of carbonyl (C=O) groups excluding carboxylic acids is 3. The maximum atomic E-state index is 13.1. The van der Waals surface area contributed by atoms with Crippen LogP contribution >= 0.6 is 0 Å². The molecule has 4 aromatic heterocycles. The van der Waals surface area contributed by atoms with Crippen LogP contribution in [0.2, 0.25) is 0 Å². The highest BCUT2D eigenvalue weighted by molar-refractivity contribution is 6.06. The van der Waals surface area contributed by atoms with E-state index in [1.54, 1.807) is 6.08 Å². The fourth-order valence-electron chi connectivity index (χ4n) is 5.69. The van der Waals surface area contributed by atoms with Crippen molar-refractivity contribution < 1.29 is 36.8 Å². The number of alkyl carbamates (subject to hydrolysis) is 1. The van der Waals surface area contributed by atoms with Crippen molar-refractivity contribution in [2.75, 3.05) is 6.54 Å². The van der Waals surface area contributed by atoms with Crippen molar-refractivity contribution in [3.05, 3.63) is 131 Å². The second-order valence-electron chi connectivity index (χ2n) is 12.1. The van der Waals surface area contributed by atoms with Gasteiger partial charge in [-0.3, -0.25) is 14.6 Å². The number of dihydropyridines is 1. The van der Waals surface area contributed by atoms with Crippen LogP contribution < -0.4 is 16.0 Å². The van der Waals surface area contributed by atoms with Gasteiger partial charge in [0, 0.05) is 19.6 Å². The van der Waals surface area contributed by atoms with Gasteiger partial charge in [-0.1, -0.05) is 54.6 Å². The fraction of sp³-hybridized carbons (Fsp3) is 0.189. The number of fused-ring (bicyclic) bond motifs is 15. The normalized spacial score (nSPS) is 15.5. The smallest absolute Gasteiger partial charge is 0.407 e. The number of ether oxygens (including phenoxy) is 1. The lowest BCUT2D eigenvalue weighted by molar-refractivity contribution is 0.0938. The molecule has 2 aliphatic rings. The summed E-state index contributed by atoms with van der Waals surface area (Å²) in [5, 5.41) is 8.49. The van der Waals surface area contributed by atoms with E-state index in [-0.39, 0.29) is 61.0 Å². The van der Waals surface area contributed by atoms with Crippen LogP contribution in [-0.4, -0.2) is 50.1 Å². The van der Waals surface area contributed by atoms with Crippen molar-refractivity contribution >= 4 is 23.6 Å². The molecule has 0 saturated heterocycles. The first-order chi connectivity index (χ1) is 25.9. The number of carbonyl (C=O) groups is 3. The molecule has 0 saturated carbocycles. The molecule has 0 fully saturated rings. The van der Waals surface area contributed by atoms with Gasteiger partial charge in [0.25, 0.3) is 11.8 Å². The molecule has 0 aliphatic carbocycles. The molecule has 16 nitrogen and oxygen atoms in total. The zero-order valence-electron chi connectivity index (χ0n) is 27.9. The Balaban J connectivity index is 1.03. The Labute approximate surface area is 300 Å². The number of allylic oxidation sites excluding steroid dienone is 1. The molecule has 6 aromatic rings. The number of hydrogen-bond donors (Lipinski definition) is 3. The Morgan fingerprint density at radius 1 is 0.755 bits per heavy atom. The largest absolute Gasteiger partial charge is 0.446 e. The number of aromatic nitrogens is 4. The van der Waals surface area contributed by atoms with Gasteiger partial charge in [0.1, 0.15) is 43.4 Å². The van der Waals surface area contributed by atoms with Gasteiger partial charge in [0.05, 0.1) is 0 Å². The topological polar surface area (TPSA) is 213 Å². The van der Waals surface area contributed by atoms with Crippen LogP contribution in [0.4, 0.5) is 4.79 Å². The molecule has 3 N–H and O–H groups in total. The van der Waals surface area contributed by atoms with E-state index >= 15 is 0 Å². The summed E-state index contributed by atoms with van der Waals surface area (Å²) in [7, 11) is 0. The van der Waals surface area contributed by atoms with Crippen molar-refractivity contribution in [1.29, 1.82) is 0 Å².